The summed E-state index contributed by atoms with van der Waals surface area (Å²) in [6.07, 6.45) is 7.45. The van der Waals surface area contributed by atoms with Crippen LogP contribution in [0.2, 0.25) is 0 Å². The van der Waals surface area contributed by atoms with Crippen LogP contribution in [0.1, 0.15) is 36.3 Å². The van der Waals surface area contributed by atoms with Gasteiger partial charge in [0, 0.05) is 24.2 Å². The van der Waals surface area contributed by atoms with E-state index in [4.69, 9.17) is 0 Å². The number of amides is 2. The summed E-state index contributed by atoms with van der Waals surface area (Å²) in [5, 5.41) is 6.68. The first-order valence-electron chi connectivity index (χ1n) is 9.89. The average Bonchev–Trinajstić information content (AvgIpc) is 3.40. The van der Waals surface area contributed by atoms with Crippen LogP contribution in [0.25, 0.3) is 16.3 Å². The summed E-state index contributed by atoms with van der Waals surface area (Å²) in [5.41, 5.74) is 2.66. The molecule has 2 aromatic carbocycles. The maximum Gasteiger partial charge on any atom is 0.244 e. The molecule has 4 rings (SSSR count). The van der Waals surface area contributed by atoms with Crippen molar-refractivity contribution in [1.29, 1.82) is 0 Å². The van der Waals surface area contributed by atoms with Crippen molar-refractivity contribution >= 4 is 45.1 Å². The van der Waals surface area contributed by atoms with E-state index in [9.17, 15) is 9.59 Å². The number of carbonyl (C=O) groups excluding carboxylic acids is 2. The summed E-state index contributed by atoms with van der Waals surface area (Å²) in [5.74, 6) is 0.0538. The van der Waals surface area contributed by atoms with E-state index in [1.807, 2.05) is 48.5 Å². The zero-order valence-corrected chi connectivity index (χ0v) is 16.9. The fourth-order valence-corrected chi connectivity index (χ4v) is 4.42. The maximum atomic E-state index is 12.3. The summed E-state index contributed by atoms with van der Waals surface area (Å²) in [7, 11) is 0. The van der Waals surface area contributed by atoms with Crippen molar-refractivity contribution in [2.75, 3.05) is 5.32 Å². The highest BCUT2D eigenvalue weighted by atomic mass is 32.1. The van der Waals surface area contributed by atoms with Crippen LogP contribution in [-0.4, -0.2) is 16.8 Å². The second kappa shape index (κ2) is 9.01. The van der Waals surface area contributed by atoms with E-state index in [1.165, 1.54) is 6.08 Å². The summed E-state index contributed by atoms with van der Waals surface area (Å²) in [6.45, 7) is 0.399. The quantitative estimate of drug-likeness (QED) is 0.581. The molecule has 0 unspecified atom stereocenters. The first-order valence-corrected chi connectivity index (χ1v) is 10.7. The Labute approximate surface area is 173 Å². The van der Waals surface area contributed by atoms with Gasteiger partial charge in [-0.3, -0.25) is 9.59 Å². The third kappa shape index (κ3) is 5.09. The summed E-state index contributed by atoms with van der Waals surface area (Å²) in [6, 6.07) is 15.5. The standard InChI is InChI=1S/C23H23N3O2S/c27-21(12-13-22-26-19-10-3-4-11-20(19)29-22)24-15-16-6-5-9-18(14-16)25-23(28)17-7-1-2-8-17/h3-6,9-14,17H,1-2,7-8,15H2,(H,24,27)(H,25,28)/b13-12+. The zero-order chi connectivity index (χ0) is 20.1. The van der Waals surface area contributed by atoms with Crippen LogP contribution in [0.15, 0.2) is 54.6 Å². The highest BCUT2D eigenvalue weighted by Crippen LogP contribution is 2.26. The van der Waals surface area contributed by atoms with Crippen LogP contribution in [0.4, 0.5) is 5.69 Å². The molecule has 3 aromatic rings. The molecule has 0 saturated heterocycles. The van der Waals surface area contributed by atoms with Gasteiger partial charge in [-0.25, -0.2) is 4.98 Å². The van der Waals surface area contributed by atoms with Crippen LogP contribution in [0, 0.1) is 5.92 Å². The highest BCUT2D eigenvalue weighted by Gasteiger charge is 2.22. The fourth-order valence-electron chi connectivity index (χ4n) is 3.55. The molecule has 1 fully saturated rings. The molecule has 1 heterocycles. The molecule has 148 valence electrons. The Balaban J connectivity index is 1.31. The summed E-state index contributed by atoms with van der Waals surface area (Å²) < 4.78 is 1.10. The van der Waals surface area contributed by atoms with E-state index in [2.05, 4.69) is 15.6 Å². The number of anilines is 1. The fraction of sp³-hybridized carbons (Fsp3) is 0.261. The van der Waals surface area contributed by atoms with E-state index >= 15 is 0 Å². The van der Waals surface area contributed by atoms with Crippen molar-refractivity contribution in [3.05, 3.63) is 65.2 Å². The van der Waals surface area contributed by atoms with Gasteiger partial charge in [0.05, 0.1) is 10.2 Å². The average molecular weight is 406 g/mol. The number of rotatable bonds is 6. The van der Waals surface area contributed by atoms with Crippen LogP contribution in [0.5, 0.6) is 0 Å². The molecule has 1 aromatic heterocycles. The molecule has 2 amide bonds. The Morgan fingerprint density at radius 3 is 2.76 bits per heavy atom. The number of aromatic nitrogens is 1. The van der Waals surface area contributed by atoms with Crippen molar-refractivity contribution in [3.8, 4) is 0 Å². The third-order valence-corrected chi connectivity index (χ3v) is 6.08. The number of nitrogens with one attached hydrogen (secondary N) is 2. The van der Waals surface area contributed by atoms with Gasteiger partial charge in [-0.15, -0.1) is 11.3 Å². The van der Waals surface area contributed by atoms with Crippen molar-refractivity contribution < 1.29 is 9.59 Å². The van der Waals surface area contributed by atoms with E-state index in [0.717, 1.165) is 52.2 Å². The molecule has 0 atom stereocenters. The van der Waals surface area contributed by atoms with E-state index < -0.39 is 0 Å². The Bertz CT molecular complexity index is 1020. The Hall–Kier alpha value is -2.99. The molecule has 0 bridgehead atoms. The van der Waals surface area contributed by atoms with Gasteiger partial charge >= 0.3 is 0 Å². The largest absolute Gasteiger partial charge is 0.348 e. The second-order valence-corrected chi connectivity index (χ2v) is 8.30. The van der Waals surface area contributed by atoms with Crippen molar-refractivity contribution in [1.82, 2.24) is 10.3 Å². The first kappa shape index (κ1) is 19.3. The molecule has 0 radical (unpaired) electrons. The normalized spacial score (nSPS) is 14.5. The Kier molecular flexibility index (Phi) is 6.00. The SMILES string of the molecule is O=C(/C=C/c1nc2ccccc2s1)NCc1cccc(NC(=O)C2CCCC2)c1. The lowest BCUT2D eigenvalue weighted by Gasteiger charge is -2.11. The van der Waals surface area contributed by atoms with Gasteiger partial charge in [0.25, 0.3) is 0 Å². The van der Waals surface area contributed by atoms with Gasteiger partial charge < -0.3 is 10.6 Å². The van der Waals surface area contributed by atoms with E-state index in [-0.39, 0.29) is 17.7 Å². The minimum atomic E-state index is -0.176. The number of para-hydroxylation sites is 1. The molecule has 29 heavy (non-hydrogen) atoms. The molecular formula is C23H23N3O2S. The number of thiazole rings is 1. The van der Waals surface area contributed by atoms with Crippen LogP contribution >= 0.6 is 11.3 Å². The second-order valence-electron chi connectivity index (χ2n) is 7.24. The molecule has 1 saturated carbocycles. The first-order chi connectivity index (χ1) is 14.2. The number of fused-ring (bicyclic) bond motifs is 1. The van der Waals surface area contributed by atoms with E-state index in [1.54, 1.807) is 17.4 Å². The smallest absolute Gasteiger partial charge is 0.244 e. The topological polar surface area (TPSA) is 71.1 Å². The lowest BCUT2D eigenvalue weighted by atomic mass is 10.1. The number of carbonyl (C=O) groups is 2. The van der Waals surface area contributed by atoms with Crippen LogP contribution in [-0.2, 0) is 16.1 Å². The summed E-state index contributed by atoms with van der Waals surface area (Å²) in [4.78, 5) is 28.9. The predicted molar refractivity (Wildman–Crippen MR) is 118 cm³/mol. The van der Waals surface area contributed by atoms with Crippen molar-refractivity contribution in [2.45, 2.75) is 32.2 Å². The number of hydrogen-bond acceptors (Lipinski definition) is 4. The van der Waals surface area contributed by atoms with Gasteiger partial charge in [0.15, 0.2) is 0 Å². The highest BCUT2D eigenvalue weighted by molar-refractivity contribution is 7.19. The molecule has 1 aliphatic rings. The van der Waals surface area contributed by atoms with Gasteiger partial charge in [-0.1, -0.05) is 37.1 Å². The van der Waals surface area contributed by atoms with Gasteiger partial charge in [0.2, 0.25) is 11.8 Å². The Morgan fingerprint density at radius 2 is 1.93 bits per heavy atom. The maximum absolute atomic E-state index is 12.3. The number of nitrogens with zero attached hydrogens (tertiary/aromatic N) is 1. The molecule has 2 N–H and O–H groups in total. The minimum absolute atomic E-state index is 0.0995. The number of benzene rings is 2. The minimum Gasteiger partial charge on any atom is -0.348 e. The lowest BCUT2D eigenvalue weighted by molar-refractivity contribution is -0.119. The van der Waals surface area contributed by atoms with Gasteiger partial charge in [-0.2, -0.15) is 0 Å². The number of hydrogen-bond donors (Lipinski definition) is 2. The molecule has 0 spiro atoms. The van der Waals surface area contributed by atoms with Gasteiger partial charge in [-0.05, 0) is 48.7 Å². The third-order valence-electron chi connectivity index (χ3n) is 5.07. The monoisotopic (exact) mass is 405 g/mol. The van der Waals surface area contributed by atoms with Crippen molar-refractivity contribution in [2.24, 2.45) is 5.92 Å². The van der Waals surface area contributed by atoms with E-state index in [0.29, 0.717) is 6.54 Å². The Morgan fingerprint density at radius 1 is 1.10 bits per heavy atom. The van der Waals surface area contributed by atoms with Crippen LogP contribution < -0.4 is 10.6 Å². The molecule has 1 aliphatic carbocycles. The summed E-state index contributed by atoms with van der Waals surface area (Å²) >= 11 is 1.55. The zero-order valence-electron chi connectivity index (χ0n) is 16.1. The van der Waals surface area contributed by atoms with Crippen LogP contribution in [0.3, 0.4) is 0 Å². The lowest BCUT2D eigenvalue weighted by Crippen LogP contribution is -2.21. The molecular weight excluding hydrogens is 382 g/mol. The molecule has 5 nitrogen and oxygen atoms in total. The predicted octanol–water partition coefficient (Wildman–Crippen LogP) is 4.75. The molecule has 0 aliphatic heterocycles. The molecule has 6 heteroatoms. The van der Waals surface area contributed by atoms with Crippen molar-refractivity contribution in [3.63, 3.8) is 0 Å². The van der Waals surface area contributed by atoms with Gasteiger partial charge in [0.1, 0.15) is 5.01 Å².